The maximum absolute atomic E-state index is 12.7. The van der Waals surface area contributed by atoms with Crippen LogP contribution in [0.2, 0.25) is 0 Å². The van der Waals surface area contributed by atoms with Crippen molar-refractivity contribution in [2.45, 2.75) is 32.2 Å². The molecule has 1 aromatic heterocycles. The van der Waals surface area contributed by atoms with Crippen molar-refractivity contribution in [3.05, 3.63) is 41.3 Å². The molecule has 7 nitrogen and oxygen atoms in total. The van der Waals surface area contributed by atoms with Crippen LogP contribution in [0.4, 0.5) is 0 Å². The van der Waals surface area contributed by atoms with Gasteiger partial charge in [-0.1, -0.05) is 11.2 Å². The Bertz CT molecular complexity index is 805. The van der Waals surface area contributed by atoms with E-state index in [2.05, 4.69) is 23.2 Å². The van der Waals surface area contributed by atoms with Crippen molar-refractivity contribution in [1.29, 1.82) is 0 Å². The number of carbonyl (C=O) groups is 1. The molecule has 152 valence electrons. The van der Waals surface area contributed by atoms with Gasteiger partial charge in [0.25, 0.3) is 5.91 Å². The predicted octanol–water partition coefficient (Wildman–Crippen LogP) is 2.78. The van der Waals surface area contributed by atoms with Gasteiger partial charge >= 0.3 is 0 Å². The summed E-state index contributed by atoms with van der Waals surface area (Å²) in [6, 6.07) is 8.07. The third-order valence-electron chi connectivity index (χ3n) is 5.36. The van der Waals surface area contributed by atoms with Crippen molar-refractivity contribution in [1.82, 2.24) is 15.0 Å². The smallest absolute Gasteiger partial charge is 0.276 e. The van der Waals surface area contributed by atoms with Crippen molar-refractivity contribution in [3.63, 3.8) is 0 Å². The normalized spacial score (nSPS) is 17.0. The quantitative estimate of drug-likeness (QED) is 0.728. The number of hydrogen-bond donors (Lipinski definition) is 0. The Hall–Kier alpha value is -2.54. The number of likely N-dealkylation sites (tertiary alicyclic amines) is 1. The van der Waals surface area contributed by atoms with E-state index in [-0.39, 0.29) is 5.91 Å². The summed E-state index contributed by atoms with van der Waals surface area (Å²) in [6.07, 6.45) is 2.99. The van der Waals surface area contributed by atoms with E-state index >= 15 is 0 Å². The third kappa shape index (κ3) is 4.65. The molecule has 1 amide bonds. The summed E-state index contributed by atoms with van der Waals surface area (Å²) in [7, 11) is 5.42. The van der Waals surface area contributed by atoms with E-state index in [0.717, 1.165) is 43.9 Å². The van der Waals surface area contributed by atoms with Crippen LogP contribution < -0.4 is 9.47 Å². The molecule has 7 heteroatoms. The number of ether oxygens (including phenoxy) is 2. The topological polar surface area (TPSA) is 68.0 Å². The number of carbonyl (C=O) groups excluding carboxylic acids is 1. The molecule has 0 unspecified atom stereocenters. The maximum Gasteiger partial charge on any atom is 0.276 e. The van der Waals surface area contributed by atoms with E-state index < -0.39 is 0 Å². The lowest BCUT2D eigenvalue weighted by Crippen LogP contribution is -2.49. The van der Waals surface area contributed by atoms with Crippen LogP contribution in [-0.2, 0) is 6.42 Å². The number of piperidine rings is 1. The summed E-state index contributed by atoms with van der Waals surface area (Å²) in [5.74, 6) is 2.10. The minimum absolute atomic E-state index is 0.0464. The van der Waals surface area contributed by atoms with Gasteiger partial charge in [-0.3, -0.25) is 4.79 Å². The number of likely N-dealkylation sites (N-methyl/N-ethyl adjacent to an activating group) is 1. The van der Waals surface area contributed by atoms with Crippen molar-refractivity contribution in [2.75, 3.05) is 40.9 Å². The van der Waals surface area contributed by atoms with Crippen molar-refractivity contribution in [3.8, 4) is 11.5 Å². The SMILES string of the molecule is COc1ccc(CCN(C)[C@H]2CCCN(C(=O)c3cc(C)on3)C2)cc1OC. The standard InChI is InChI=1S/C21H29N3O4/c1-15-12-18(22-28-15)21(25)24-10-5-6-17(14-24)23(2)11-9-16-7-8-19(26-3)20(13-16)27-4/h7-8,12-13,17H,5-6,9-11,14H2,1-4H3/t17-/m0/s1. The van der Waals surface area contributed by atoms with Crippen LogP contribution in [0.3, 0.4) is 0 Å². The number of aromatic nitrogens is 1. The average molecular weight is 387 g/mol. The molecule has 28 heavy (non-hydrogen) atoms. The molecular formula is C21H29N3O4. The Morgan fingerprint density at radius 3 is 2.75 bits per heavy atom. The highest BCUT2D eigenvalue weighted by Gasteiger charge is 2.28. The van der Waals surface area contributed by atoms with Gasteiger partial charge in [0.2, 0.25) is 0 Å². The van der Waals surface area contributed by atoms with Gasteiger partial charge in [0.1, 0.15) is 5.76 Å². The number of nitrogens with zero attached hydrogens (tertiary/aromatic N) is 3. The second-order valence-electron chi connectivity index (χ2n) is 7.29. The number of aryl methyl sites for hydroxylation is 1. The first-order valence-electron chi connectivity index (χ1n) is 9.65. The summed E-state index contributed by atoms with van der Waals surface area (Å²) in [4.78, 5) is 16.9. The average Bonchev–Trinajstić information content (AvgIpc) is 3.17. The zero-order valence-electron chi connectivity index (χ0n) is 17.1. The number of hydrogen-bond acceptors (Lipinski definition) is 6. The fourth-order valence-electron chi connectivity index (χ4n) is 3.65. The monoisotopic (exact) mass is 387 g/mol. The van der Waals surface area contributed by atoms with Gasteiger partial charge in [-0.2, -0.15) is 0 Å². The summed E-state index contributed by atoms with van der Waals surface area (Å²) < 4.78 is 15.7. The highest BCUT2D eigenvalue weighted by molar-refractivity contribution is 5.92. The third-order valence-corrected chi connectivity index (χ3v) is 5.36. The first-order valence-corrected chi connectivity index (χ1v) is 9.65. The molecule has 1 aliphatic rings. The fourth-order valence-corrected chi connectivity index (χ4v) is 3.65. The van der Waals surface area contributed by atoms with E-state index in [1.165, 1.54) is 5.56 Å². The van der Waals surface area contributed by atoms with Crippen LogP contribution in [0.15, 0.2) is 28.8 Å². The Kier molecular flexibility index (Phi) is 6.57. The van der Waals surface area contributed by atoms with Crippen LogP contribution in [0, 0.1) is 6.92 Å². The van der Waals surface area contributed by atoms with E-state index in [1.807, 2.05) is 17.0 Å². The maximum atomic E-state index is 12.7. The van der Waals surface area contributed by atoms with E-state index in [9.17, 15) is 4.79 Å². The molecule has 1 fully saturated rings. The zero-order chi connectivity index (χ0) is 20.1. The van der Waals surface area contributed by atoms with Gasteiger partial charge < -0.3 is 23.8 Å². The van der Waals surface area contributed by atoms with Crippen molar-refractivity contribution < 1.29 is 18.8 Å². The lowest BCUT2D eigenvalue weighted by molar-refractivity contribution is 0.0601. The molecule has 1 aromatic carbocycles. The molecule has 0 saturated carbocycles. The van der Waals surface area contributed by atoms with Crippen LogP contribution in [0.1, 0.15) is 34.7 Å². The lowest BCUT2D eigenvalue weighted by Gasteiger charge is -2.37. The molecule has 0 bridgehead atoms. The fraction of sp³-hybridized carbons (Fsp3) is 0.524. The summed E-state index contributed by atoms with van der Waals surface area (Å²) in [6.45, 7) is 4.19. The molecule has 0 radical (unpaired) electrons. The molecular weight excluding hydrogens is 358 g/mol. The van der Waals surface area contributed by atoms with Gasteiger partial charge in [0, 0.05) is 31.7 Å². The molecule has 1 atom stereocenters. The Labute approximate surface area is 166 Å². The van der Waals surface area contributed by atoms with E-state index in [4.69, 9.17) is 14.0 Å². The van der Waals surface area contributed by atoms with Gasteiger partial charge in [-0.25, -0.2) is 0 Å². The predicted molar refractivity (Wildman–Crippen MR) is 106 cm³/mol. The van der Waals surface area contributed by atoms with Gasteiger partial charge in [0.05, 0.1) is 14.2 Å². The van der Waals surface area contributed by atoms with E-state index in [0.29, 0.717) is 24.0 Å². The second-order valence-corrected chi connectivity index (χ2v) is 7.29. The molecule has 1 saturated heterocycles. The minimum atomic E-state index is -0.0464. The van der Waals surface area contributed by atoms with Crippen molar-refractivity contribution in [2.24, 2.45) is 0 Å². The number of amides is 1. The molecule has 2 heterocycles. The van der Waals surface area contributed by atoms with Crippen LogP contribution >= 0.6 is 0 Å². The number of rotatable bonds is 7. The van der Waals surface area contributed by atoms with Crippen molar-refractivity contribution >= 4 is 5.91 Å². The Morgan fingerprint density at radius 1 is 1.29 bits per heavy atom. The zero-order valence-corrected chi connectivity index (χ0v) is 17.1. The van der Waals surface area contributed by atoms with Crippen LogP contribution in [-0.4, -0.2) is 67.8 Å². The largest absolute Gasteiger partial charge is 0.493 e. The minimum Gasteiger partial charge on any atom is -0.493 e. The lowest BCUT2D eigenvalue weighted by atomic mass is 10.0. The summed E-state index contributed by atoms with van der Waals surface area (Å²) >= 11 is 0. The highest BCUT2D eigenvalue weighted by atomic mass is 16.5. The first kappa shape index (κ1) is 20.2. The van der Waals surface area contributed by atoms with E-state index in [1.54, 1.807) is 27.2 Å². The molecule has 0 spiro atoms. The Balaban J connectivity index is 1.57. The molecule has 3 rings (SSSR count). The van der Waals surface area contributed by atoms with Crippen LogP contribution in [0.25, 0.3) is 0 Å². The molecule has 2 aromatic rings. The Morgan fingerprint density at radius 2 is 2.07 bits per heavy atom. The van der Waals surface area contributed by atoms with Gasteiger partial charge in [0.15, 0.2) is 17.2 Å². The summed E-state index contributed by atoms with van der Waals surface area (Å²) in [5.41, 5.74) is 1.59. The molecule has 0 N–H and O–H groups in total. The van der Waals surface area contributed by atoms with Gasteiger partial charge in [-0.15, -0.1) is 0 Å². The van der Waals surface area contributed by atoms with Gasteiger partial charge in [-0.05, 0) is 50.9 Å². The number of methoxy groups -OCH3 is 2. The number of benzene rings is 1. The van der Waals surface area contributed by atoms with Crippen LogP contribution in [0.5, 0.6) is 11.5 Å². The highest BCUT2D eigenvalue weighted by Crippen LogP contribution is 2.28. The summed E-state index contributed by atoms with van der Waals surface area (Å²) in [5, 5.41) is 3.87. The second kappa shape index (κ2) is 9.10. The molecule has 1 aliphatic heterocycles. The first-order chi connectivity index (χ1) is 13.5. The molecule has 0 aliphatic carbocycles.